The molecule has 1 aliphatic carbocycles. The van der Waals surface area contributed by atoms with E-state index in [0.717, 1.165) is 17.7 Å². The number of carbonyl (C=O) groups excluding carboxylic acids is 2. The van der Waals surface area contributed by atoms with Crippen molar-refractivity contribution in [1.82, 2.24) is 9.88 Å². The predicted molar refractivity (Wildman–Crippen MR) is 79.8 cm³/mol. The van der Waals surface area contributed by atoms with Gasteiger partial charge in [-0.3, -0.25) is 14.6 Å². The van der Waals surface area contributed by atoms with Gasteiger partial charge < -0.3 is 4.90 Å². The smallest absolute Gasteiger partial charge is 0.216 e. The van der Waals surface area contributed by atoms with Crippen molar-refractivity contribution in [2.75, 3.05) is 20.4 Å². The van der Waals surface area contributed by atoms with Crippen LogP contribution in [0, 0.1) is 5.92 Å². The first-order valence-corrected chi connectivity index (χ1v) is 7.72. The van der Waals surface area contributed by atoms with Crippen molar-refractivity contribution in [3.63, 3.8) is 0 Å². The Kier molecular flexibility index (Phi) is 4.60. The van der Waals surface area contributed by atoms with Crippen LogP contribution in [0.5, 0.6) is 0 Å². The fraction of sp³-hybridized carbons (Fsp3) is 0.400. The molecule has 0 N–H and O–H groups in total. The first-order chi connectivity index (χ1) is 9.52. The molecule has 0 unspecified atom stereocenters. The van der Waals surface area contributed by atoms with E-state index in [1.54, 1.807) is 49.2 Å². The molecule has 4 nitrogen and oxygen atoms in total. The van der Waals surface area contributed by atoms with Crippen LogP contribution in [0.3, 0.4) is 0 Å². The van der Waals surface area contributed by atoms with E-state index >= 15 is 0 Å². The summed E-state index contributed by atoms with van der Waals surface area (Å²) >= 11 is 1.57. The number of nitrogens with zero attached hydrogens (tertiary/aromatic N) is 2. The third kappa shape index (κ3) is 3.48. The van der Waals surface area contributed by atoms with Gasteiger partial charge in [0.25, 0.3) is 0 Å². The maximum atomic E-state index is 12.5. The number of aromatic nitrogens is 1. The predicted octanol–water partition coefficient (Wildman–Crippen LogP) is 2.41. The number of rotatable bonds is 6. The van der Waals surface area contributed by atoms with Gasteiger partial charge in [-0.1, -0.05) is 0 Å². The monoisotopic (exact) mass is 290 g/mol. The number of carbonyl (C=O) groups is 2. The lowest BCUT2D eigenvalue weighted by Gasteiger charge is -2.10. The lowest BCUT2D eigenvalue weighted by atomic mass is 10.0. The van der Waals surface area contributed by atoms with Crippen LogP contribution in [-0.2, 0) is 4.79 Å². The summed E-state index contributed by atoms with van der Waals surface area (Å²) in [5, 5.41) is 0. The number of hydrogen-bond donors (Lipinski definition) is 0. The van der Waals surface area contributed by atoms with Crippen molar-refractivity contribution < 1.29 is 9.59 Å². The molecule has 0 aliphatic heterocycles. The summed E-state index contributed by atoms with van der Waals surface area (Å²) in [6.07, 6.45) is 6.98. The standard InChI is InChI=1S/C15H18N2O2S/c1-17(2)9-12(14(18)10-4-5-10)15(19)13-7-6-11(20-3)8-16-13/h6-10H,4-5H2,1-3H3. The SMILES string of the molecule is CSc1ccc(C(=O)C(=CN(C)C)C(=O)C2CC2)nc1. The minimum absolute atomic E-state index is 0.0237. The average Bonchev–Trinajstić information content (AvgIpc) is 3.28. The third-order valence-corrected chi connectivity index (χ3v) is 3.76. The van der Waals surface area contributed by atoms with Gasteiger partial charge in [0, 0.05) is 37.3 Å². The van der Waals surface area contributed by atoms with Crippen LogP contribution in [0.1, 0.15) is 23.3 Å². The Morgan fingerprint density at radius 2 is 2.05 bits per heavy atom. The first kappa shape index (κ1) is 14.8. The van der Waals surface area contributed by atoms with Crippen molar-refractivity contribution in [1.29, 1.82) is 0 Å². The fourth-order valence-electron chi connectivity index (χ4n) is 1.83. The van der Waals surface area contributed by atoms with Gasteiger partial charge in [0.15, 0.2) is 5.78 Å². The minimum atomic E-state index is -0.289. The Morgan fingerprint density at radius 3 is 2.50 bits per heavy atom. The molecule has 2 rings (SSSR count). The van der Waals surface area contributed by atoms with Gasteiger partial charge in [0.1, 0.15) is 5.69 Å². The van der Waals surface area contributed by atoms with Crippen molar-refractivity contribution in [2.45, 2.75) is 17.7 Å². The van der Waals surface area contributed by atoms with Gasteiger partial charge >= 0.3 is 0 Å². The largest absolute Gasteiger partial charge is 0.383 e. The highest BCUT2D eigenvalue weighted by atomic mass is 32.2. The number of thioether (sulfide) groups is 1. The van der Waals surface area contributed by atoms with Gasteiger partial charge in [-0.25, -0.2) is 0 Å². The maximum absolute atomic E-state index is 12.5. The number of pyridine rings is 1. The van der Waals surface area contributed by atoms with E-state index in [2.05, 4.69) is 4.98 Å². The molecule has 1 aromatic heterocycles. The molecule has 1 fully saturated rings. The molecule has 0 atom stereocenters. The van der Waals surface area contributed by atoms with Crippen LogP contribution in [0.15, 0.2) is 35.0 Å². The summed E-state index contributed by atoms with van der Waals surface area (Å²) in [5.41, 5.74) is 0.562. The summed E-state index contributed by atoms with van der Waals surface area (Å²) in [4.78, 5) is 31.6. The van der Waals surface area contributed by atoms with Crippen LogP contribution in [-0.4, -0.2) is 41.8 Å². The van der Waals surface area contributed by atoms with Crippen molar-refractivity contribution in [3.05, 3.63) is 35.8 Å². The number of hydrogen-bond acceptors (Lipinski definition) is 5. The van der Waals surface area contributed by atoms with Crippen LogP contribution < -0.4 is 0 Å². The Balaban J connectivity index is 2.27. The topological polar surface area (TPSA) is 50.3 Å². The summed E-state index contributed by atoms with van der Waals surface area (Å²) in [6, 6.07) is 3.53. The summed E-state index contributed by atoms with van der Waals surface area (Å²) < 4.78 is 0. The molecule has 0 amide bonds. The molecule has 1 heterocycles. The summed E-state index contributed by atoms with van der Waals surface area (Å²) in [6.45, 7) is 0. The van der Waals surface area contributed by atoms with E-state index in [1.165, 1.54) is 0 Å². The molecular weight excluding hydrogens is 272 g/mol. The van der Waals surface area contributed by atoms with Crippen LogP contribution >= 0.6 is 11.8 Å². The van der Waals surface area contributed by atoms with Crippen LogP contribution in [0.2, 0.25) is 0 Å². The molecule has 0 bridgehead atoms. The van der Waals surface area contributed by atoms with Crippen LogP contribution in [0.4, 0.5) is 0 Å². The molecule has 1 aliphatic rings. The van der Waals surface area contributed by atoms with Crippen molar-refractivity contribution >= 4 is 23.3 Å². The highest BCUT2D eigenvalue weighted by molar-refractivity contribution is 7.98. The molecule has 106 valence electrons. The van der Waals surface area contributed by atoms with E-state index in [-0.39, 0.29) is 23.1 Å². The molecular formula is C15H18N2O2S. The van der Waals surface area contributed by atoms with Gasteiger partial charge in [0.05, 0.1) is 5.57 Å². The minimum Gasteiger partial charge on any atom is -0.383 e. The first-order valence-electron chi connectivity index (χ1n) is 6.50. The van der Waals surface area contributed by atoms with Gasteiger partial charge in [-0.15, -0.1) is 11.8 Å². The molecule has 0 spiro atoms. The molecule has 5 heteroatoms. The number of Topliss-reactive ketones (excluding diaryl/α,β-unsaturated/α-hetero) is 2. The zero-order valence-corrected chi connectivity index (χ0v) is 12.7. The Morgan fingerprint density at radius 1 is 1.35 bits per heavy atom. The lowest BCUT2D eigenvalue weighted by molar-refractivity contribution is -0.116. The summed E-state index contributed by atoms with van der Waals surface area (Å²) in [5.74, 6) is -0.321. The zero-order chi connectivity index (χ0) is 14.7. The van der Waals surface area contributed by atoms with Crippen molar-refractivity contribution in [2.24, 2.45) is 5.92 Å². The van der Waals surface area contributed by atoms with E-state index in [1.807, 2.05) is 12.3 Å². The molecule has 20 heavy (non-hydrogen) atoms. The summed E-state index contributed by atoms with van der Waals surface area (Å²) in [7, 11) is 3.61. The molecule has 0 saturated heterocycles. The fourth-order valence-corrected chi connectivity index (χ4v) is 2.19. The molecule has 0 aromatic carbocycles. The number of allylic oxidation sites excluding steroid dienone is 1. The lowest BCUT2D eigenvalue weighted by Crippen LogP contribution is -2.19. The van der Waals surface area contributed by atoms with E-state index < -0.39 is 0 Å². The van der Waals surface area contributed by atoms with E-state index in [0.29, 0.717) is 5.69 Å². The highest BCUT2D eigenvalue weighted by Crippen LogP contribution is 2.33. The molecule has 1 saturated carbocycles. The van der Waals surface area contributed by atoms with Crippen molar-refractivity contribution in [3.8, 4) is 0 Å². The highest BCUT2D eigenvalue weighted by Gasteiger charge is 2.35. The van der Waals surface area contributed by atoms with Gasteiger partial charge in [-0.05, 0) is 31.2 Å². The second kappa shape index (κ2) is 6.22. The quantitative estimate of drug-likeness (QED) is 0.265. The average molecular weight is 290 g/mol. The van der Waals surface area contributed by atoms with Gasteiger partial charge in [0.2, 0.25) is 5.78 Å². The second-order valence-electron chi connectivity index (χ2n) is 5.06. The maximum Gasteiger partial charge on any atom is 0.216 e. The number of ketones is 2. The Labute approximate surface area is 123 Å². The Bertz CT molecular complexity index is 545. The van der Waals surface area contributed by atoms with Crippen LogP contribution in [0.25, 0.3) is 0 Å². The zero-order valence-electron chi connectivity index (χ0n) is 11.9. The van der Waals surface area contributed by atoms with E-state index in [9.17, 15) is 9.59 Å². The van der Waals surface area contributed by atoms with E-state index in [4.69, 9.17) is 0 Å². The molecule has 1 aromatic rings. The normalized spacial score (nSPS) is 15.1. The molecule has 0 radical (unpaired) electrons. The Hall–Kier alpha value is -1.62. The third-order valence-electron chi connectivity index (χ3n) is 3.05. The van der Waals surface area contributed by atoms with Gasteiger partial charge in [-0.2, -0.15) is 0 Å². The second-order valence-corrected chi connectivity index (χ2v) is 5.94.